The van der Waals surface area contributed by atoms with E-state index in [0.29, 0.717) is 6.54 Å². The molecule has 0 fully saturated rings. The molecule has 0 bridgehead atoms. The number of hydrogen-bond donors (Lipinski definition) is 2. The van der Waals surface area contributed by atoms with E-state index in [0.717, 1.165) is 5.56 Å². The summed E-state index contributed by atoms with van der Waals surface area (Å²) in [5, 5.41) is 15.4. The average Bonchev–Trinajstić information content (AvgIpc) is 2.69. The largest absolute Gasteiger partial charge is 0.480 e. The van der Waals surface area contributed by atoms with Crippen LogP contribution in [0.15, 0.2) is 29.6 Å². The molecule has 4 heteroatoms. The van der Waals surface area contributed by atoms with Gasteiger partial charge in [-0.15, -0.1) is 11.3 Å². The van der Waals surface area contributed by atoms with Crippen molar-refractivity contribution in [1.29, 1.82) is 0 Å². The molecule has 0 aliphatic carbocycles. The fraction of sp³-hybridized carbons (Fsp3) is 0.308. The smallest absolute Gasteiger partial charge is 0.323 e. The van der Waals surface area contributed by atoms with Crippen molar-refractivity contribution in [1.82, 2.24) is 5.32 Å². The Bertz CT molecular complexity index is 545. The van der Waals surface area contributed by atoms with Gasteiger partial charge >= 0.3 is 5.97 Å². The number of hydrogen-bond acceptors (Lipinski definition) is 3. The Labute approximate surface area is 104 Å². The molecule has 0 saturated carbocycles. The molecule has 1 aromatic carbocycles. The van der Waals surface area contributed by atoms with E-state index in [1.807, 2.05) is 12.1 Å². The fourth-order valence-electron chi connectivity index (χ4n) is 1.56. The van der Waals surface area contributed by atoms with Gasteiger partial charge < -0.3 is 5.11 Å². The number of thiophene rings is 1. The van der Waals surface area contributed by atoms with Gasteiger partial charge in [0, 0.05) is 11.2 Å². The number of carboxylic acid groups (broad SMARTS) is 1. The lowest BCUT2D eigenvalue weighted by Crippen LogP contribution is -2.46. The highest BCUT2D eigenvalue weighted by molar-refractivity contribution is 7.17. The highest BCUT2D eigenvalue weighted by Crippen LogP contribution is 2.25. The summed E-state index contributed by atoms with van der Waals surface area (Å²) in [7, 11) is 0. The molecular weight excluding hydrogens is 234 g/mol. The van der Waals surface area contributed by atoms with Gasteiger partial charge in [-0.25, -0.2) is 0 Å². The number of benzene rings is 1. The molecule has 0 amide bonds. The van der Waals surface area contributed by atoms with Crippen molar-refractivity contribution in [3.05, 3.63) is 35.2 Å². The van der Waals surface area contributed by atoms with E-state index in [4.69, 9.17) is 5.11 Å². The summed E-state index contributed by atoms with van der Waals surface area (Å²) in [5.74, 6) is -0.836. The van der Waals surface area contributed by atoms with Crippen molar-refractivity contribution >= 4 is 27.4 Å². The summed E-state index contributed by atoms with van der Waals surface area (Å²) < 4.78 is 1.23. The normalized spacial score (nSPS) is 11.9. The van der Waals surface area contributed by atoms with Crippen molar-refractivity contribution in [2.45, 2.75) is 25.9 Å². The minimum absolute atomic E-state index is 0.573. The Hall–Kier alpha value is -1.39. The van der Waals surface area contributed by atoms with Crippen molar-refractivity contribution in [3.8, 4) is 0 Å². The van der Waals surface area contributed by atoms with Gasteiger partial charge in [0.05, 0.1) is 0 Å². The van der Waals surface area contributed by atoms with Crippen LogP contribution in [0.1, 0.15) is 19.4 Å². The van der Waals surface area contributed by atoms with Gasteiger partial charge in [0.15, 0.2) is 0 Å². The Kier molecular flexibility index (Phi) is 3.17. The third-order valence-corrected chi connectivity index (χ3v) is 3.83. The Morgan fingerprint density at radius 3 is 2.82 bits per heavy atom. The molecule has 90 valence electrons. The lowest BCUT2D eigenvalue weighted by atomic mass is 10.1. The predicted octanol–water partition coefficient (Wildman–Crippen LogP) is 2.85. The number of carbonyl (C=O) groups is 1. The molecule has 0 aliphatic heterocycles. The van der Waals surface area contributed by atoms with Crippen LogP contribution in [0.2, 0.25) is 0 Å². The molecule has 1 aromatic heterocycles. The third-order valence-electron chi connectivity index (χ3n) is 2.82. The second kappa shape index (κ2) is 4.47. The SMILES string of the molecule is CC(C)(NCc1csc2ccccc12)C(=O)O. The van der Waals surface area contributed by atoms with Crippen LogP contribution in [-0.2, 0) is 11.3 Å². The van der Waals surface area contributed by atoms with Crippen molar-refractivity contribution in [2.75, 3.05) is 0 Å². The van der Waals surface area contributed by atoms with E-state index in [1.165, 1.54) is 10.1 Å². The van der Waals surface area contributed by atoms with Crippen LogP contribution in [0.5, 0.6) is 0 Å². The molecule has 1 heterocycles. The fourth-order valence-corrected chi connectivity index (χ4v) is 2.52. The molecular formula is C13H15NO2S. The first kappa shape index (κ1) is 12.1. The first-order valence-electron chi connectivity index (χ1n) is 5.44. The lowest BCUT2D eigenvalue weighted by molar-refractivity contribution is -0.143. The highest BCUT2D eigenvalue weighted by Gasteiger charge is 2.26. The molecule has 0 saturated heterocycles. The van der Waals surface area contributed by atoms with Crippen molar-refractivity contribution < 1.29 is 9.90 Å². The first-order valence-corrected chi connectivity index (χ1v) is 6.32. The quantitative estimate of drug-likeness (QED) is 0.876. The standard InChI is InChI=1S/C13H15NO2S/c1-13(2,12(15)16)14-7-9-8-17-11-6-4-3-5-10(9)11/h3-6,8,14H,7H2,1-2H3,(H,15,16). The minimum atomic E-state index is -0.900. The third kappa shape index (κ3) is 2.48. The average molecular weight is 249 g/mol. The zero-order valence-corrected chi connectivity index (χ0v) is 10.7. The number of aliphatic carboxylic acids is 1. The van der Waals surface area contributed by atoms with Crippen LogP contribution in [0.25, 0.3) is 10.1 Å². The first-order chi connectivity index (χ1) is 8.00. The van der Waals surface area contributed by atoms with E-state index >= 15 is 0 Å². The molecule has 17 heavy (non-hydrogen) atoms. The van der Waals surface area contributed by atoms with E-state index in [9.17, 15) is 4.79 Å². The van der Waals surface area contributed by atoms with E-state index in [2.05, 4.69) is 22.8 Å². The Balaban J connectivity index is 2.17. The maximum absolute atomic E-state index is 11.0. The Morgan fingerprint density at radius 2 is 2.12 bits per heavy atom. The maximum atomic E-state index is 11.0. The van der Waals surface area contributed by atoms with Crippen LogP contribution in [-0.4, -0.2) is 16.6 Å². The maximum Gasteiger partial charge on any atom is 0.323 e. The number of nitrogens with one attached hydrogen (secondary N) is 1. The van der Waals surface area contributed by atoms with Crippen LogP contribution in [0, 0.1) is 0 Å². The molecule has 3 nitrogen and oxygen atoms in total. The molecule has 2 N–H and O–H groups in total. The van der Waals surface area contributed by atoms with Gasteiger partial charge in [-0.3, -0.25) is 10.1 Å². The molecule has 0 atom stereocenters. The summed E-state index contributed by atoms with van der Waals surface area (Å²) in [4.78, 5) is 11.0. The molecule has 0 radical (unpaired) electrons. The zero-order chi connectivity index (χ0) is 12.5. The molecule has 2 rings (SSSR count). The van der Waals surface area contributed by atoms with Gasteiger partial charge in [-0.2, -0.15) is 0 Å². The van der Waals surface area contributed by atoms with Crippen LogP contribution in [0.3, 0.4) is 0 Å². The summed E-state index contributed by atoms with van der Waals surface area (Å²) in [5.41, 5.74) is 0.253. The molecule has 2 aromatic rings. The molecule has 0 unspecified atom stereocenters. The van der Waals surface area contributed by atoms with Gasteiger partial charge in [-0.1, -0.05) is 18.2 Å². The topological polar surface area (TPSA) is 49.3 Å². The lowest BCUT2D eigenvalue weighted by Gasteiger charge is -2.20. The second-order valence-electron chi connectivity index (χ2n) is 4.54. The second-order valence-corrected chi connectivity index (χ2v) is 5.45. The zero-order valence-electron chi connectivity index (χ0n) is 9.86. The molecule has 0 spiro atoms. The van der Waals surface area contributed by atoms with Crippen LogP contribution >= 0.6 is 11.3 Å². The monoisotopic (exact) mass is 249 g/mol. The predicted molar refractivity (Wildman–Crippen MR) is 70.4 cm³/mol. The minimum Gasteiger partial charge on any atom is -0.480 e. The van der Waals surface area contributed by atoms with Crippen LogP contribution in [0.4, 0.5) is 0 Å². The summed E-state index contributed by atoms with van der Waals surface area (Å²) in [6.45, 7) is 3.91. The van der Waals surface area contributed by atoms with Crippen molar-refractivity contribution in [3.63, 3.8) is 0 Å². The van der Waals surface area contributed by atoms with Gasteiger partial charge in [0.25, 0.3) is 0 Å². The Morgan fingerprint density at radius 1 is 1.41 bits per heavy atom. The van der Waals surface area contributed by atoms with E-state index in [-0.39, 0.29) is 0 Å². The van der Waals surface area contributed by atoms with E-state index < -0.39 is 11.5 Å². The van der Waals surface area contributed by atoms with Gasteiger partial charge in [0.1, 0.15) is 5.54 Å². The number of fused-ring (bicyclic) bond motifs is 1. The number of rotatable bonds is 4. The summed E-state index contributed by atoms with van der Waals surface area (Å²) in [6.07, 6.45) is 0. The van der Waals surface area contributed by atoms with Crippen molar-refractivity contribution in [2.24, 2.45) is 0 Å². The van der Waals surface area contributed by atoms with Gasteiger partial charge in [0.2, 0.25) is 0 Å². The number of carboxylic acids is 1. The van der Waals surface area contributed by atoms with Gasteiger partial charge in [-0.05, 0) is 36.2 Å². The highest BCUT2D eigenvalue weighted by atomic mass is 32.1. The molecule has 0 aliphatic rings. The summed E-state index contributed by atoms with van der Waals surface area (Å²) >= 11 is 1.69. The van der Waals surface area contributed by atoms with E-state index in [1.54, 1.807) is 25.2 Å². The van der Waals surface area contributed by atoms with Crippen LogP contribution < -0.4 is 5.32 Å². The summed E-state index contributed by atoms with van der Waals surface area (Å²) in [6, 6.07) is 8.15.